The highest BCUT2D eigenvalue weighted by atomic mass is 16.4. The molecule has 172 valence electrons. The molecular formula is C24H40O6. The van der Waals surface area contributed by atoms with Gasteiger partial charge in [0.25, 0.3) is 0 Å². The number of rotatable bonds is 4. The molecular weight excluding hydrogens is 384 g/mol. The van der Waals surface area contributed by atoms with E-state index >= 15 is 0 Å². The van der Waals surface area contributed by atoms with Crippen LogP contribution in [0.1, 0.15) is 72.1 Å². The van der Waals surface area contributed by atoms with Crippen molar-refractivity contribution in [2.24, 2.45) is 46.3 Å². The van der Waals surface area contributed by atoms with Gasteiger partial charge in [0.2, 0.25) is 0 Å². The van der Waals surface area contributed by atoms with Crippen molar-refractivity contribution in [3.8, 4) is 0 Å². The molecule has 4 saturated carbocycles. The van der Waals surface area contributed by atoms with Crippen molar-refractivity contribution in [3.05, 3.63) is 0 Å². The van der Waals surface area contributed by atoms with Crippen LogP contribution < -0.4 is 0 Å². The van der Waals surface area contributed by atoms with Gasteiger partial charge in [0.05, 0.1) is 24.4 Å². The number of carbonyl (C=O) groups is 1. The number of fused-ring (bicyclic) bond motifs is 5. The number of carboxylic acids is 1. The van der Waals surface area contributed by atoms with Gasteiger partial charge in [-0.15, -0.1) is 0 Å². The molecule has 4 aliphatic rings. The smallest absolute Gasteiger partial charge is 0.303 e. The molecule has 4 rings (SSSR count). The standard InChI is InChI=1S/C24H40O6/c1-12(4-7-21(29)30)14-5-6-15-22-16(10-20(28)24(14,15)3)23(2)11-19(27)17(25)8-13(23)9-18(22)26/h12-20,22,25-28H,4-11H2,1-3H3,(H,29,30)/t12-,13+,14-,15+,16+,17+,18-,19-,20+,22+,23+,24-/m1/s1. The molecule has 0 saturated heterocycles. The third kappa shape index (κ3) is 3.25. The second-order valence-electron chi connectivity index (χ2n) is 11.6. The molecule has 4 fully saturated rings. The minimum atomic E-state index is -0.773. The van der Waals surface area contributed by atoms with Crippen molar-refractivity contribution in [1.82, 2.24) is 0 Å². The monoisotopic (exact) mass is 424 g/mol. The van der Waals surface area contributed by atoms with Crippen molar-refractivity contribution in [2.45, 2.75) is 96.6 Å². The maximum atomic E-state index is 11.5. The first-order chi connectivity index (χ1) is 14.0. The number of aliphatic carboxylic acids is 1. The number of aliphatic hydroxyl groups excluding tert-OH is 4. The van der Waals surface area contributed by atoms with Gasteiger partial charge >= 0.3 is 5.97 Å². The van der Waals surface area contributed by atoms with Crippen LogP contribution in [-0.4, -0.2) is 55.9 Å². The first-order valence-corrected chi connectivity index (χ1v) is 11.9. The summed E-state index contributed by atoms with van der Waals surface area (Å²) >= 11 is 0. The van der Waals surface area contributed by atoms with Gasteiger partial charge < -0.3 is 25.5 Å². The van der Waals surface area contributed by atoms with Crippen LogP contribution in [0.4, 0.5) is 0 Å². The lowest BCUT2D eigenvalue weighted by atomic mass is 9.43. The number of aliphatic hydroxyl groups is 4. The summed E-state index contributed by atoms with van der Waals surface area (Å²) in [7, 11) is 0. The number of hydrogen-bond donors (Lipinski definition) is 5. The van der Waals surface area contributed by atoms with Gasteiger partial charge in [0, 0.05) is 6.42 Å². The molecule has 6 nitrogen and oxygen atoms in total. The van der Waals surface area contributed by atoms with E-state index in [1.165, 1.54) is 0 Å². The highest BCUT2D eigenvalue weighted by Gasteiger charge is 2.66. The number of carboxylic acid groups (broad SMARTS) is 1. The van der Waals surface area contributed by atoms with E-state index in [2.05, 4.69) is 20.8 Å². The summed E-state index contributed by atoms with van der Waals surface area (Å²) in [5.74, 6) is 0.307. The first kappa shape index (κ1) is 22.5. The average molecular weight is 425 g/mol. The molecule has 6 heteroatoms. The van der Waals surface area contributed by atoms with E-state index in [-0.39, 0.29) is 52.8 Å². The average Bonchev–Trinajstić information content (AvgIpc) is 3.02. The molecule has 12 atom stereocenters. The largest absolute Gasteiger partial charge is 0.481 e. The summed E-state index contributed by atoms with van der Waals surface area (Å²) in [6, 6.07) is 0. The molecule has 0 aliphatic heterocycles. The Morgan fingerprint density at radius 2 is 1.63 bits per heavy atom. The second-order valence-corrected chi connectivity index (χ2v) is 11.6. The fourth-order valence-corrected chi connectivity index (χ4v) is 8.72. The lowest BCUT2D eigenvalue weighted by Gasteiger charge is -2.64. The van der Waals surface area contributed by atoms with E-state index in [9.17, 15) is 25.2 Å². The van der Waals surface area contributed by atoms with Gasteiger partial charge in [-0.3, -0.25) is 4.79 Å². The Hall–Kier alpha value is -0.690. The predicted octanol–water partition coefficient (Wildman–Crippen LogP) is 2.42. The number of hydrogen-bond acceptors (Lipinski definition) is 5. The third-order valence-corrected chi connectivity index (χ3v) is 10.4. The van der Waals surface area contributed by atoms with Crippen LogP contribution in [0.3, 0.4) is 0 Å². The summed E-state index contributed by atoms with van der Waals surface area (Å²) < 4.78 is 0. The summed E-state index contributed by atoms with van der Waals surface area (Å²) in [5.41, 5.74) is -0.492. The van der Waals surface area contributed by atoms with E-state index < -0.39 is 30.4 Å². The topological polar surface area (TPSA) is 118 Å². The highest BCUT2D eigenvalue weighted by molar-refractivity contribution is 5.66. The molecule has 0 spiro atoms. The van der Waals surface area contributed by atoms with E-state index in [1.54, 1.807) is 0 Å². The van der Waals surface area contributed by atoms with Crippen molar-refractivity contribution < 1.29 is 30.3 Å². The second kappa shape index (κ2) is 7.72. The molecule has 5 N–H and O–H groups in total. The Balaban J connectivity index is 1.62. The lowest BCUT2D eigenvalue weighted by Crippen LogP contribution is -2.63. The van der Waals surface area contributed by atoms with Crippen molar-refractivity contribution in [3.63, 3.8) is 0 Å². The molecule has 0 aromatic carbocycles. The molecule has 0 amide bonds. The molecule has 0 heterocycles. The molecule has 30 heavy (non-hydrogen) atoms. The Kier molecular flexibility index (Phi) is 5.79. The van der Waals surface area contributed by atoms with Crippen LogP contribution in [-0.2, 0) is 4.79 Å². The molecule has 0 aromatic rings. The lowest BCUT2D eigenvalue weighted by molar-refractivity contribution is -0.219. The molecule has 4 aliphatic carbocycles. The summed E-state index contributed by atoms with van der Waals surface area (Å²) in [4.78, 5) is 11.1. The first-order valence-electron chi connectivity index (χ1n) is 11.9. The van der Waals surface area contributed by atoms with Crippen LogP contribution in [0, 0.1) is 46.3 Å². The third-order valence-electron chi connectivity index (χ3n) is 10.4. The Morgan fingerprint density at radius 3 is 2.30 bits per heavy atom. The van der Waals surface area contributed by atoms with Gasteiger partial charge in [-0.25, -0.2) is 0 Å². The maximum absolute atomic E-state index is 11.5. The van der Waals surface area contributed by atoms with E-state index in [0.717, 1.165) is 12.8 Å². The quantitative estimate of drug-likeness (QED) is 0.473. The highest BCUT2D eigenvalue weighted by Crippen LogP contribution is 2.68. The minimum absolute atomic E-state index is 0.0961. The van der Waals surface area contributed by atoms with E-state index in [0.29, 0.717) is 32.1 Å². The van der Waals surface area contributed by atoms with Crippen LogP contribution >= 0.6 is 0 Å². The fraction of sp³-hybridized carbons (Fsp3) is 0.958. The normalized spacial score (nSPS) is 54.0. The van der Waals surface area contributed by atoms with Gasteiger partial charge in [0.15, 0.2) is 0 Å². The fourth-order valence-electron chi connectivity index (χ4n) is 8.72. The van der Waals surface area contributed by atoms with Gasteiger partial charge in [0.1, 0.15) is 0 Å². The summed E-state index contributed by atoms with van der Waals surface area (Å²) in [6.45, 7) is 6.50. The molecule has 0 aromatic heterocycles. The SMILES string of the molecule is C[C@H](CCC(=O)O)[C@H]1CC[C@H]2[C@@H]3[C@H](O)C[C@@H]4C[C@H](O)[C@H](O)C[C@]4(C)[C@H]3C[C@H](O)[C@]12C. The maximum Gasteiger partial charge on any atom is 0.303 e. The van der Waals surface area contributed by atoms with Crippen LogP contribution in [0.2, 0.25) is 0 Å². The minimum Gasteiger partial charge on any atom is -0.481 e. The Morgan fingerprint density at radius 1 is 0.967 bits per heavy atom. The van der Waals surface area contributed by atoms with Crippen LogP contribution in [0.25, 0.3) is 0 Å². The Bertz CT molecular complexity index is 668. The van der Waals surface area contributed by atoms with Gasteiger partial charge in [-0.1, -0.05) is 20.8 Å². The zero-order valence-corrected chi connectivity index (χ0v) is 18.6. The molecule has 0 radical (unpaired) electrons. The van der Waals surface area contributed by atoms with Gasteiger partial charge in [-0.2, -0.15) is 0 Å². The molecule has 0 bridgehead atoms. The van der Waals surface area contributed by atoms with E-state index in [1.807, 2.05) is 0 Å². The van der Waals surface area contributed by atoms with Crippen molar-refractivity contribution >= 4 is 5.97 Å². The Labute approximate surface area is 179 Å². The predicted molar refractivity (Wildman–Crippen MR) is 111 cm³/mol. The van der Waals surface area contributed by atoms with E-state index in [4.69, 9.17) is 5.11 Å². The summed E-state index contributed by atoms with van der Waals surface area (Å²) in [6.07, 6.45) is 2.63. The van der Waals surface area contributed by atoms with Gasteiger partial charge in [-0.05, 0) is 91.3 Å². The van der Waals surface area contributed by atoms with Crippen LogP contribution in [0.5, 0.6) is 0 Å². The molecule has 0 unspecified atom stereocenters. The van der Waals surface area contributed by atoms with Crippen LogP contribution in [0.15, 0.2) is 0 Å². The zero-order chi connectivity index (χ0) is 22.0. The van der Waals surface area contributed by atoms with Crippen molar-refractivity contribution in [2.75, 3.05) is 0 Å². The van der Waals surface area contributed by atoms with Crippen molar-refractivity contribution in [1.29, 1.82) is 0 Å². The zero-order valence-electron chi connectivity index (χ0n) is 18.6. The summed E-state index contributed by atoms with van der Waals surface area (Å²) in [5, 5.41) is 52.5.